The molecule has 0 aliphatic carbocycles. The lowest BCUT2D eigenvalue weighted by Crippen LogP contribution is -2.31. The summed E-state index contributed by atoms with van der Waals surface area (Å²) in [7, 11) is 1.82. The summed E-state index contributed by atoms with van der Waals surface area (Å²) in [6.07, 6.45) is 8.50. The van der Waals surface area contributed by atoms with Gasteiger partial charge in [0.25, 0.3) is 5.56 Å². The van der Waals surface area contributed by atoms with Crippen molar-refractivity contribution in [1.82, 2.24) is 14.9 Å². The second kappa shape index (κ2) is 9.96. The van der Waals surface area contributed by atoms with E-state index in [2.05, 4.69) is 20.6 Å². The molecule has 0 bridgehead atoms. The first-order chi connectivity index (χ1) is 15.6. The molecule has 1 aromatic carbocycles. The Hall–Kier alpha value is -3.87. The number of benzene rings is 1. The monoisotopic (exact) mass is 429 g/mol. The molecule has 1 fully saturated rings. The van der Waals surface area contributed by atoms with E-state index in [-0.39, 0.29) is 17.5 Å². The van der Waals surface area contributed by atoms with Crippen LogP contribution in [0.1, 0.15) is 12.0 Å². The molecule has 0 unspecified atom stereocenters. The zero-order chi connectivity index (χ0) is 22.3. The molecule has 1 saturated heterocycles. The third-order valence-electron chi connectivity index (χ3n) is 5.57. The highest BCUT2D eigenvalue weighted by molar-refractivity contribution is 5.88. The van der Waals surface area contributed by atoms with E-state index in [1.165, 1.54) is 5.56 Å². The smallest absolute Gasteiger partial charge is 0.271 e. The van der Waals surface area contributed by atoms with Gasteiger partial charge in [0.1, 0.15) is 11.5 Å². The van der Waals surface area contributed by atoms with Crippen molar-refractivity contribution >= 4 is 17.4 Å². The molecule has 7 nitrogen and oxygen atoms in total. The summed E-state index contributed by atoms with van der Waals surface area (Å²) in [6, 6.07) is 15.8. The number of carbonyl (C=O) groups is 1. The molecule has 1 atom stereocenters. The van der Waals surface area contributed by atoms with Crippen LogP contribution in [0, 0.1) is 0 Å². The van der Waals surface area contributed by atoms with E-state index in [1.807, 2.05) is 66.6 Å². The summed E-state index contributed by atoms with van der Waals surface area (Å²) in [5.41, 5.74) is 3.34. The van der Waals surface area contributed by atoms with Crippen molar-refractivity contribution < 1.29 is 4.79 Å². The van der Waals surface area contributed by atoms with Crippen molar-refractivity contribution in [3.05, 3.63) is 89.0 Å². The van der Waals surface area contributed by atoms with Crippen LogP contribution >= 0.6 is 0 Å². The molecule has 1 aliphatic rings. The third kappa shape index (κ3) is 5.24. The van der Waals surface area contributed by atoms with Gasteiger partial charge in [0.15, 0.2) is 0 Å². The Morgan fingerprint density at radius 2 is 2.06 bits per heavy atom. The Bertz CT molecular complexity index is 1160. The van der Waals surface area contributed by atoms with Crippen LogP contribution in [0.2, 0.25) is 0 Å². The minimum Gasteiger partial charge on any atom is -0.376 e. The Balaban J connectivity index is 1.38. The highest BCUT2D eigenvalue weighted by atomic mass is 16.2. The molecule has 0 spiro atoms. The predicted octanol–water partition coefficient (Wildman–Crippen LogP) is 3.29. The zero-order valence-corrected chi connectivity index (χ0v) is 18.0. The number of amides is 1. The van der Waals surface area contributed by atoms with Crippen molar-refractivity contribution in [1.29, 1.82) is 0 Å². The first-order valence-electron chi connectivity index (χ1n) is 10.7. The van der Waals surface area contributed by atoms with E-state index in [0.717, 1.165) is 29.8 Å². The highest BCUT2D eigenvalue weighted by Gasteiger charge is 2.25. The summed E-state index contributed by atoms with van der Waals surface area (Å²) < 4.78 is 0. The molecule has 7 heteroatoms. The van der Waals surface area contributed by atoms with Crippen LogP contribution in [0.15, 0.2) is 77.9 Å². The molecule has 2 aromatic heterocycles. The number of carbonyl (C=O) groups excluding carboxylic acids is 1. The normalized spacial score (nSPS) is 15.8. The Morgan fingerprint density at radius 1 is 1.22 bits per heavy atom. The lowest BCUT2D eigenvalue weighted by atomic mass is 10.1. The first-order valence-corrected chi connectivity index (χ1v) is 10.7. The number of nitrogens with zero attached hydrogens (tertiary/aromatic N) is 2. The average Bonchev–Trinajstić information content (AvgIpc) is 3.30. The molecule has 1 amide bonds. The molecule has 0 saturated carbocycles. The Morgan fingerprint density at radius 3 is 2.88 bits per heavy atom. The number of allylic oxidation sites excluding steroid dienone is 1. The fourth-order valence-electron chi connectivity index (χ4n) is 3.82. The largest absolute Gasteiger partial charge is 0.376 e. The number of rotatable bonds is 7. The number of likely N-dealkylation sites (tertiary alicyclic amines) is 1. The molecule has 3 aromatic rings. The van der Waals surface area contributed by atoms with Gasteiger partial charge in [-0.3, -0.25) is 9.59 Å². The van der Waals surface area contributed by atoms with Crippen LogP contribution in [0.25, 0.3) is 11.1 Å². The van der Waals surface area contributed by atoms with Crippen LogP contribution < -0.4 is 16.2 Å². The van der Waals surface area contributed by atoms with Gasteiger partial charge in [-0.2, -0.15) is 0 Å². The SMILES string of the molecule is CNc1cc(-c2c[nH]c(=O)c(N[C@@H]3CCN(C(=O)C=CCc4ccccc4)C3)c2)ccn1. The van der Waals surface area contributed by atoms with Crippen LogP contribution in [0.3, 0.4) is 0 Å². The Kier molecular flexibility index (Phi) is 6.65. The van der Waals surface area contributed by atoms with Crippen molar-refractivity contribution in [2.24, 2.45) is 0 Å². The van der Waals surface area contributed by atoms with Gasteiger partial charge >= 0.3 is 0 Å². The van der Waals surface area contributed by atoms with E-state index in [0.29, 0.717) is 18.8 Å². The predicted molar refractivity (Wildman–Crippen MR) is 128 cm³/mol. The molecule has 1 aliphatic heterocycles. The second-order valence-electron chi connectivity index (χ2n) is 7.82. The van der Waals surface area contributed by atoms with E-state index < -0.39 is 0 Å². The molecule has 0 radical (unpaired) electrons. The van der Waals surface area contributed by atoms with Crippen molar-refractivity contribution in [2.75, 3.05) is 30.8 Å². The van der Waals surface area contributed by atoms with E-state index in [4.69, 9.17) is 0 Å². The van der Waals surface area contributed by atoms with Crippen LogP contribution in [-0.4, -0.2) is 47.0 Å². The molecule has 164 valence electrons. The quantitative estimate of drug-likeness (QED) is 0.502. The fourth-order valence-corrected chi connectivity index (χ4v) is 3.82. The van der Waals surface area contributed by atoms with Gasteiger partial charge in [0, 0.05) is 44.1 Å². The second-order valence-corrected chi connectivity index (χ2v) is 7.82. The number of hydrogen-bond acceptors (Lipinski definition) is 5. The van der Waals surface area contributed by atoms with Crippen LogP contribution in [-0.2, 0) is 11.2 Å². The zero-order valence-electron chi connectivity index (χ0n) is 18.0. The minimum absolute atomic E-state index is 0.00396. The van der Waals surface area contributed by atoms with Gasteiger partial charge in [-0.05, 0) is 48.2 Å². The number of anilines is 2. The Labute approximate surface area is 187 Å². The first kappa shape index (κ1) is 21.4. The van der Waals surface area contributed by atoms with E-state index >= 15 is 0 Å². The molecular weight excluding hydrogens is 402 g/mol. The number of nitrogens with one attached hydrogen (secondary N) is 3. The minimum atomic E-state index is -0.177. The van der Waals surface area contributed by atoms with Gasteiger partial charge in [0.05, 0.1) is 0 Å². The van der Waals surface area contributed by atoms with Crippen LogP contribution in [0.4, 0.5) is 11.5 Å². The molecule has 4 rings (SSSR count). The van der Waals surface area contributed by atoms with Gasteiger partial charge in [-0.25, -0.2) is 4.98 Å². The third-order valence-corrected chi connectivity index (χ3v) is 5.57. The lowest BCUT2D eigenvalue weighted by Gasteiger charge is -2.16. The summed E-state index contributed by atoms with van der Waals surface area (Å²) in [5.74, 6) is 0.762. The van der Waals surface area contributed by atoms with Gasteiger partial charge < -0.3 is 20.5 Å². The molecule has 3 N–H and O–H groups in total. The van der Waals surface area contributed by atoms with Crippen LogP contribution in [0.5, 0.6) is 0 Å². The number of hydrogen-bond donors (Lipinski definition) is 3. The summed E-state index contributed by atoms with van der Waals surface area (Å²) in [4.78, 5) is 33.8. The summed E-state index contributed by atoms with van der Waals surface area (Å²) >= 11 is 0. The van der Waals surface area contributed by atoms with Crippen molar-refractivity contribution in [2.45, 2.75) is 18.9 Å². The molecule has 3 heterocycles. The molecule has 32 heavy (non-hydrogen) atoms. The number of aromatic amines is 1. The number of aromatic nitrogens is 2. The maximum absolute atomic E-state index is 12.5. The number of pyridine rings is 2. The molecular formula is C25H27N5O2. The topological polar surface area (TPSA) is 90.1 Å². The van der Waals surface area contributed by atoms with Gasteiger partial charge in [-0.1, -0.05) is 36.4 Å². The van der Waals surface area contributed by atoms with E-state index in [9.17, 15) is 9.59 Å². The van der Waals surface area contributed by atoms with Gasteiger partial charge in [0.2, 0.25) is 5.91 Å². The lowest BCUT2D eigenvalue weighted by molar-refractivity contribution is -0.125. The summed E-state index contributed by atoms with van der Waals surface area (Å²) in [5, 5.41) is 6.34. The highest BCUT2D eigenvalue weighted by Crippen LogP contribution is 2.23. The average molecular weight is 430 g/mol. The van der Waals surface area contributed by atoms with Gasteiger partial charge in [-0.15, -0.1) is 0 Å². The maximum Gasteiger partial charge on any atom is 0.271 e. The van der Waals surface area contributed by atoms with Crippen molar-refractivity contribution in [3.63, 3.8) is 0 Å². The fraction of sp³-hybridized carbons (Fsp3) is 0.240. The maximum atomic E-state index is 12.5. The van der Waals surface area contributed by atoms with Crippen molar-refractivity contribution in [3.8, 4) is 11.1 Å². The standard InChI is InChI=1S/C25H27N5O2/c1-26-23-15-19(10-12-27-23)20-14-22(25(32)28-16-20)29-21-11-13-30(17-21)24(31)9-5-8-18-6-3-2-4-7-18/h2-7,9-10,12,14-16,21,29H,8,11,13,17H2,1H3,(H,26,27)(H,28,32)/t21-/m1/s1. The summed E-state index contributed by atoms with van der Waals surface area (Å²) in [6.45, 7) is 1.23. The van der Waals surface area contributed by atoms with E-state index in [1.54, 1.807) is 18.5 Å². The number of H-pyrrole nitrogens is 1.